The standard InChI is InChI=1S/C13H27N3O.ClH/c1-6-13(4,5)15-12(17)9-16-7-10(2)14-11(3)8-16;/h10-11,14H,6-9H2,1-5H3,(H,15,17);1H. The van der Waals surface area contributed by atoms with Crippen molar-refractivity contribution >= 4 is 18.3 Å². The van der Waals surface area contributed by atoms with E-state index in [-0.39, 0.29) is 23.9 Å². The smallest absolute Gasteiger partial charge is 0.234 e. The Bertz CT molecular complexity index is 261. The van der Waals surface area contributed by atoms with Crippen molar-refractivity contribution in [2.24, 2.45) is 0 Å². The van der Waals surface area contributed by atoms with E-state index < -0.39 is 0 Å². The molecule has 0 aromatic rings. The fourth-order valence-electron chi connectivity index (χ4n) is 2.28. The largest absolute Gasteiger partial charge is 0.350 e. The first kappa shape index (κ1) is 17.7. The number of nitrogens with zero attached hydrogens (tertiary/aromatic N) is 1. The highest BCUT2D eigenvalue weighted by molar-refractivity contribution is 5.85. The molecule has 18 heavy (non-hydrogen) atoms. The van der Waals surface area contributed by atoms with Gasteiger partial charge in [0.05, 0.1) is 6.54 Å². The van der Waals surface area contributed by atoms with Crippen molar-refractivity contribution in [1.82, 2.24) is 15.5 Å². The average Bonchev–Trinajstić information content (AvgIpc) is 2.14. The third kappa shape index (κ3) is 6.03. The zero-order valence-corrected chi connectivity index (χ0v) is 13.1. The number of nitrogens with one attached hydrogen (secondary N) is 2. The van der Waals surface area contributed by atoms with Gasteiger partial charge in [0.25, 0.3) is 0 Å². The average molecular weight is 278 g/mol. The van der Waals surface area contributed by atoms with Crippen molar-refractivity contribution < 1.29 is 4.79 Å². The number of carbonyl (C=O) groups is 1. The summed E-state index contributed by atoms with van der Waals surface area (Å²) in [4.78, 5) is 14.2. The summed E-state index contributed by atoms with van der Waals surface area (Å²) in [7, 11) is 0. The van der Waals surface area contributed by atoms with Crippen molar-refractivity contribution in [3.05, 3.63) is 0 Å². The highest BCUT2D eigenvalue weighted by Gasteiger charge is 2.24. The van der Waals surface area contributed by atoms with Gasteiger partial charge in [-0.05, 0) is 34.1 Å². The van der Waals surface area contributed by atoms with Crippen LogP contribution in [0.3, 0.4) is 0 Å². The zero-order valence-electron chi connectivity index (χ0n) is 12.2. The normalized spacial score (nSPS) is 25.4. The Morgan fingerprint density at radius 3 is 2.28 bits per heavy atom. The fraction of sp³-hybridized carbons (Fsp3) is 0.923. The molecule has 2 atom stereocenters. The Labute approximate surface area is 117 Å². The summed E-state index contributed by atoms with van der Waals surface area (Å²) in [6, 6.07) is 0.927. The quantitative estimate of drug-likeness (QED) is 0.816. The fourth-order valence-corrected chi connectivity index (χ4v) is 2.28. The van der Waals surface area contributed by atoms with E-state index in [0.717, 1.165) is 19.5 Å². The maximum absolute atomic E-state index is 11.9. The third-order valence-corrected chi connectivity index (χ3v) is 3.36. The first-order chi connectivity index (χ1) is 7.82. The van der Waals surface area contributed by atoms with Crippen LogP contribution in [-0.2, 0) is 4.79 Å². The van der Waals surface area contributed by atoms with Crippen LogP contribution in [0.1, 0.15) is 41.0 Å². The molecule has 1 rings (SSSR count). The summed E-state index contributed by atoms with van der Waals surface area (Å²) in [5.41, 5.74) is -0.0949. The molecule has 0 saturated carbocycles. The summed E-state index contributed by atoms with van der Waals surface area (Å²) in [5.74, 6) is 0.137. The lowest BCUT2D eigenvalue weighted by Crippen LogP contribution is -2.57. The molecule has 4 nitrogen and oxygen atoms in total. The van der Waals surface area contributed by atoms with Gasteiger partial charge in [-0.15, -0.1) is 12.4 Å². The highest BCUT2D eigenvalue weighted by atomic mass is 35.5. The van der Waals surface area contributed by atoms with E-state index in [2.05, 4.69) is 50.2 Å². The zero-order chi connectivity index (χ0) is 13.1. The molecule has 0 bridgehead atoms. The summed E-state index contributed by atoms with van der Waals surface area (Å²) < 4.78 is 0. The molecule has 0 aliphatic carbocycles. The number of halogens is 1. The van der Waals surface area contributed by atoms with E-state index in [9.17, 15) is 4.79 Å². The van der Waals surface area contributed by atoms with E-state index >= 15 is 0 Å². The Balaban J connectivity index is 0.00000289. The Hall–Kier alpha value is -0.320. The number of hydrogen-bond donors (Lipinski definition) is 2. The number of hydrogen-bond acceptors (Lipinski definition) is 3. The lowest BCUT2D eigenvalue weighted by molar-refractivity contribution is -0.124. The van der Waals surface area contributed by atoms with Crippen LogP contribution in [0, 0.1) is 0 Å². The molecule has 0 spiro atoms. The molecule has 1 amide bonds. The number of piperazine rings is 1. The summed E-state index contributed by atoms with van der Waals surface area (Å²) >= 11 is 0. The second kappa shape index (κ2) is 7.31. The maximum Gasteiger partial charge on any atom is 0.234 e. The molecule has 2 unspecified atom stereocenters. The number of amides is 1. The van der Waals surface area contributed by atoms with Gasteiger partial charge in [0.1, 0.15) is 0 Å². The van der Waals surface area contributed by atoms with Gasteiger partial charge >= 0.3 is 0 Å². The molecule has 1 saturated heterocycles. The van der Waals surface area contributed by atoms with Crippen LogP contribution in [0.25, 0.3) is 0 Å². The Morgan fingerprint density at radius 1 is 1.33 bits per heavy atom. The predicted octanol–water partition coefficient (Wildman–Crippen LogP) is 1.40. The third-order valence-electron chi connectivity index (χ3n) is 3.36. The first-order valence-electron chi connectivity index (χ1n) is 6.62. The van der Waals surface area contributed by atoms with Gasteiger partial charge in [-0.25, -0.2) is 0 Å². The van der Waals surface area contributed by atoms with Gasteiger partial charge in [0.2, 0.25) is 5.91 Å². The SMILES string of the molecule is CCC(C)(C)NC(=O)CN1CC(C)NC(C)C1.Cl. The summed E-state index contributed by atoms with van der Waals surface area (Å²) in [5, 5.41) is 6.55. The van der Waals surface area contributed by atoms with Crippen LogP contribution in [-0.4, -0.2) is 48.1 Å². The lowest BCUT2D eigenvalue weighted by Gasteiger charge is -2.36. The molecule has 1 aliphatic heterocycles. The molecular weight excluding hydrogens is 250 g/mol. The van der Waals surface area contributed by atoms with E-state index in [0.29, 0.717) is 18.6 Å². The molecule has 1 fully saturated rings. The highest BCUT2D eigenvalue weighted by Crippen LogP contribution is 2.08. The molecule has 1 heterocycles. The van der Waals surface area contributed by atoms with Crippen LogP contribution in [0.5, 0.6) is 0 Å². The van der Waals surface area contributed by atoms with Gasteiger partial charge in [-0.1, -0.05) is 6.92 Å². The molecule has 0 aromatic carbocycles. The number of rotatable bonds is 4. The van der Waals surface area contributed by atoms with Crippen LogP contribution >= 0.6 is 12.4 Å². The molecule has 5 heteroatoms. The molecule has 108 valence electrons. The van der Waals surface area contributed by atoms with E-state index in [1.165, 1.54) is 0 Å². The van der Waals surface area contributed by atoms with Crippen molar-refractivity contribution in [2.75, 3.05) is 19.6 Å². The van der Waals surface area contributed by atoms with Crippen LogP contribution < -0.4 is 10.6 Å². The second-order valence-corrected chi connectivity index (χ2v) is 5.95. The van der Waals surface area contributed by atoms with E-state index in [1.807, 2.05) is 0 Å². The van der Waals surface area contributed by atoms with Crippen molar-refractivity contribution in [2.45, 2.75) is 58.7 Å². The van der Waals surface area contributed by atoms with Crippen molar-refractivity contribution in [1.29, 1.82) is 0 Å². The van der Waals surface area contributed by atoms with Gasteiger partial charge in [-0.2, -0.15) is 0 Å². The monoisotopic (exact) mass is 277 g/mol. The minimum Gasteiger partial charge on any atom is -0.350 e. The summed E-state index contributed by atoms with van der Waals surface area (Å²) in [6.07, 6.45) is 0.951. The molecular formula is C13H28ClN3O. The van der Waals surface area contributed by atoms with Crippen molar-refractivity contribution in [3.8, 4) is 0 Å². The summed E-state index contributed by atoms with van der Waals surface area (Å²) in [6.45, 7) is 13.0. The molecule has 1 aliphatic rings. The second-order valence-electron chi connectivity index (χ2n) is 5.95. The van der Waals surface area contributed by atoms with Gasteiger partial charge < -0.3 is 10.6 Å². The van der Waals surface area contributed by atoms with Gasteiger partial charge in [-0.3, -0.25) is 9.69 Å². The lowest BCUT2D eigenvalue weighted by atomic mass is 10.0. The van der Waals surface area contributed by atoms with E-state index in [1.54, 1.807) is 0 Å². The van der Waals surface area contributed by atoms with Crippen LogP contribution in [0.15, 0.2) is 0 Å². The molecule has 0 aromatic heterocycles. The topological polar surface area (TPSA) is 44.4 Å². The Morgan fingerprint density at radius 2 is 1.83 bits per heavy atom. The van der Waals surface area contributed by atoms with Crippen molar-refractivity contribution in [3.63, 3.8) is 0 Å². The number of carbonyl (C=O) groups excluding carboxylic acids is 1. The van der Waals surface area contributed by atoms with Gasteiger partial charge in [0.15, 0.2) is 0 Å². The molecule has 0 radical (unpaired) electrons. The van der Waals surface area contributed by atoms with E-state index in [4.69, 9.17) is 0 Å². The van der Waals surface area contributed by atoms with Crippen LogP contribution in [0.2, 0.25) is 0 Å². The Kier molecular flexibility index (Phi) is 7.18. The predicted molar refractivity (Wildman–Crippen MR) is 78.3 cm³/mol. The minimum atomic E-state index is -0.0949. The van der Waals surface area contributed by atoms with Crippen LogP contribution in [0.4, 0.5) is 0 Å². The van der Waals surface area contributed by atoms with Gasteiger partial charge in [0, 0.05) is 30.7 Å². The minimum absolute atomic E-state index is 0. The molecule has 2 N–H and O–H groups in total. The maximum atomic E-state index is 11.9. The first-order valence-corrected chi connectivity index (χ1v) is 6.62.